The van der Waals surface area contributed by atoms with Crippen LogP contribution in [-0.2, 0) is 0 Å². The summed E-state index contributed by atoms with van der Waals surface area (Å²) in [4.78, 5) is 6.30. The number of oxazole rings is 1. The zero-order chi connectivity index (χ0) is 20.5. The first-order valence-electron chi connectivity index (χ1n) is 8.80. The second kappa shape index (κ2) is 10.2. The molecule has 2 aromatic rings. The Labute approximate surface area is 165 Å². The minimum atomic E-state index is 0.231. The van der Waals surface area contributed by atoms with Crippen LogP contribution in [0.4, 0.5) is 5.88 Å². The Morgan fingerprint density at radius 3 is 2.36 bits per heavy atom. The second-order valence-electron chi connectivity index (χ2n) is 6.22. The highest BCUT2D eigenvalue weighted by Gasteiger charge is 2.13. The molecule has 0 saturated heterocycles. The first kappa shape index (κ1) is 21.1. The van der Waals surface area contributed by atoms with Gasteiger partial charge in [-0.3, -0.25) is 0 Å². The average molecular weight is 386 g/mol. The van der Waals surface area contributed by atoms with Gasteiger partial charge >= 0.3 is 0 Å². The van der Waals surface area contributed by atoms with Gasteiger partial charge in [0.05, 0.1) is 21.3 Å². The summed E-state index contributed by atoms with van der Waals surface area (Å²) in [5.74, 6) is 2.34. The van der Waals surface area contributed by atoms with E-state index in [9.17, 15) is 5.26 Å². The number of nitriles is 1. The number of anilines is 1. The average Bonchev–Trinajstić information content (AvgIpc) is 3.10. The molecule has 0 fully saturated rings. The van der Waals surface area contributed by atoms with E-state index in [1.165, 1.54) is 0 Å². The normalized spacial score (nSPS) is 10.9. The molecule has 2 rings (SSSR count). The predicted molar refractivity (Wildman–Crippen MR) is 108 cm³/mol. The summed E-state index contributed by atoms with van der Waals surface area (Å²) in [5.41, 5.74) is 1.04. The van der Waals surface area contributed by atoms with Gasteiger partial charge in [-0.2, -0.15) is 10.2 Å². The lowest BCUT2D eigenvalue weighted by Crippen LogP contribution is -2.16. The van der Waals surface area contributed by atoms with Gasteiger partial charge in [-0.05, 0) is 50.8 Å². The van der Waals surface area contributed by atoms with Crippen molar-refractivity contribution in [3.05, 3.63) is 29.3 Å². The maximum absolute atomic E-state index is 9.26. The Hall–Kier alpha value is -3.18. The number of nitrogens with zero attached hydrogens (tertiary/aromatic N) is 3. The lowest BCUT2D eigenvalue weighted by molar-refractivity contribution is 0.324. The van der Waals surface area contributed by atoms with Crippen LogP contribution in [0, 0.1) is 11.3 Å². The van der Waals surface area contributed by atoms with Crippen LogP contribution in [0.3, 0.4) is 0 Å². The van der Waals surface area contributed by atoms with Crippen LogP contribution in [0.25, 0.3) is 12.2 Å². The third kappa shape index (κ3) is 5.41. The Morgan fingerprint density at radius 2 is 1.82 bits per heavy atom. The molecule has 1 heterocycles. The van der Waals surface area contributed by atoms with Crippen molar-refractivity contribution in [3.8, 4) is 23.3 Å². The van der Waals surface area contributed by atoms with Crippen molar-refractivity contribution in [2.75, 3.05) is 53.8 Å². The second-order valence-corrected chi connectivity index (χ2v) is 6.22. The lowest BCUT2D eigenvalue weighted by Gasteiger charge is -2.12. The molecule has 0 atom stereocenters. The van der Waals surface area contributed by atoms with E-state index in [1.807, 2.05) is 32.3 Å². The van der Waals surface area contributed by atoms with E-state index < -0.39 is 0 Å². The Kier molecular flexibility index (Phi) is 7.72. The summed E-state index contributed by atoms with van der Waals surface area (Å²) in [5, 5.41) is 12.4. The highest BCUT2D eigenvalue weighted by molar-refractivity contribution is 5.71. The van der Waals surface area contributed by atoms with Crippen LogP contribution >= 0.6 is 0 Å². The molecular weight excluding hydrogens is 360 g/mol. The minimum absolute atomic E-state index is 0.231. The van der Waals surface area contributed by atoms with Crippen LogP contribution in [0.5, 0.6) is 17.2 Å². The van der Waals surface area contributed by atoms with E-state index in [-0.39, 0.29) is 5.69 Å². The molecule has 0 saturated carbocycles. The summed E-state index contributed by atoms with van der Waals surface area (Å²) < 4.78 is 21.7. The Morgan fingerprint density at radius 1 is 1.14 bits per heavy atom. The summed E-state index contributed by atoms with van der Waals surface area (Å²) in [6.45, 7) is 1.63. The molecular formula is C20H26N4O4. The van der Waals surface area contributed by atoms with E-state index in [2.05, 4.69) is 15.2 Å². The summed E-state index contributed by atoms with van der Waals surface area (Å²) in [7, 11) is 8.71. The largest absolute Gasteiger partial charge is 0.493 e. The van der Waals surface area contributed by atoms with Gasteiger partial charge in [0.1, 0.15) is 6.07 Å². The quantitative estimate of drug-likeness (QED) is 0.623. The minimum Gasteiger partial charge on any atom is -0.493 e. The van der Waals surface area contributed by atoms with Gasteiger partial charge in [-0.15, -0.1) is 0 Å². The summed E-state index contributed by atoms with van der Waals surface area (Å²) in [6, 6.07) is 5.67. The fourth-order valence-electron chi connectivity index (χ4n) is 2.57. The Balaban J connectivity index is 2.17. The van der Waals surface area contributed by atoms with Crippen molar-refractivity contribution in [3.63, 3.8) is 0 Å². The molecule has 0 bridgehead atoms. The van der Waals surface area contributed by atoms with E-state index >= 15 is 0 Å². The fraction of sp³-hybridized carbons (Fsp3) is 0.400. The number of rotatable bonds is 10. The molecule has 0 aliphatic heterocycles. The zero-order valence-corrected chi connectivity index (χ0v) is 16.9. The van der Waals surface area contributed by atoms with Crippen molar-refractivity contribution >= 4 is 18.0 Å². The Bertz CT molecular complexity index is 827. The first-order valence-corrected chi connectivity index (χ1v) is 8.80. The van der Waals surface area contributed by atoms with E-state index in [1.54, 1.807) is 33.5 Å². The van der Waals surface area contributed by atoms with Crippen LogP contribution in [0.15, 0.2) is 16.5 Å². The van der Waals surface area contributed by atoms with Gasteiger partial charge in [-0.1, -0.05) is 0 Å². The summed E-state index contributed by atoms with van der Waals surface area (Å²) >= 11 is 0. The van der Waals surface area contributed by atoms with E-state index in [4.69, 9.17) is 18.6 Å². The molecule has 0 aliphatic carbocycles. The third-order valence-electron chi connectivity index (χ3n) is 3.92. The zero-order valence-electron chi connectivity index (χ0n) is 16.9. The maximum Gasteiger partial charge on any atom is 0.232 e. The fourth-order valence-corrected chi connectivity index (χ4v) is 2.57. The third-order valence-corrected chi connectivity index (χ3v) is 3.92. The number of benzene rings is 1. The number of methoxy groups -OCH3 is 3. The van der Waals surface area contributed by atoms with Crippen LogP contribution < -0.4 is 19.5 Å². The smallest absolute Gasteiger partial charge is 0.232 e. The highest BCUT2D eigenvalue weighted by atomic mass is 16.5. The van der Waals surface area contributed by atoms with Gasteiger partial charge in [0.2, 0.25) is 23.2 Å². The standard InChI is InChI=1S/C20H26N4O4/c1-24(2)10-6-9-22-20-15(13-21)23-18(28-20)8-7-14-11-16(25-3)19(27-5)17(12-14)26-4/h7-8,11-12,22H,6,9-10H2,1-5H3/b8-7+. The van der Waals surface area contributed by atoms with Gasteiger partial charge in [0.25, 0.3) is 0 Å². The van der Waals surface area contributed by atoms with Crippen LogP contribution in [0.2, 0.25) is 0 Å². The first-order chi connectivity index (χ1) is 13.5. The molecule has 1 aromatic carbocycles. The van der Waals surface area contributed by atoms with Crippen molar-refractivity contribution in [1.29, 1.82) is 5.26 Å². The van der Waals surface area contributed by atoms with E-state index in [0.717, 1.165) is 18.5 Å². The topological polar surface area (TPSA) is 92.8 Å². The van der Waals surface area contributed by atoms with E-state index in [0.29, 0.717) is 35.6 Å². The molecule has 0 aliphatic rings. The molecule has 1 N–H and O–H groups in total. The molecule has 0 radical (unpaired) electrons. The molecule has 0 unspecified atom stereocenters. The maximum atomic E-state index is 9.26. The molecule has 8 nitrogen and oxygen atoms in total. The molecule has 150 valence electrons. The lowest BCUT2D eigenvalue weighted by atomic mass is 10.1. The monoisotopic (exact) mass is 386 g/mol. The highest BCUT2D eigenvalue weighted by Crippen LogP contribution is 2.38. The molecule has 8 heteroatoms. The SMILES string of the molecule is COc1cc(/C=C/c2nc(C#N)c(NCCCN(C)C)o2)cc(OC)c1OC. The number of aromatic nitrogens is 1. The van der Waals surface area contributed by atoms with Crippen molar-refractivity contribution in [2.45, 2.75) is 6.42 Å². The number of ether oxygens (including phenoxy) is 3. The molecule has 1 aromatic heterocycles. The predicted octanol–water partition coefficient (Wildman–Crippen LogP) is 3.11. The molecule has 0 amide bonds. The summed E-state index contributed by atoms with van der Waals surface area (Å²) in [6.07, 6.45) is 4.41. The van der Waals surface area contributed by atoms with Crippen LogP contribution in [-0.4, -0.2) is 58.4 Å². The van der Waals surface area contributed by atoms with Gasteiger partial charge < -0.3 is 28.8 Å². The van der Waals surface area contributed by atoms with Crippen molar-refractivity contribution in [2.24, 2.45) is 0 Å². The van der Waals surface area contributed by atoms with Crippen molar-refractivity contribution < 1.29 is 18.6 Å². The number of hydrogen-bond donors (Lipinski definition) is 1. The molecule has 0 spiro atoms. The van der Waals surface area contributed by atoms with Gasteiger partial charge in [0, 0.05) is 12.6 Å². The van der Waals surface area contributed by atoms with Gasteiger partial charge in [0.15, 0.2) is 11.5 Å². The van der Waals surface area contributed by atoms with Gasteiger partial charge in [-0.25, -0.2) is 0 Å². The van der Waals surface area contributed by atoms with Crippen LogP contribution in [0.1, 0.15) is 23.6 Å². The van der Waals surface area contributed by atoms with Crippen molar-refractivity contribution in [1.82, 2.24) is 9.88 Å². The number of hydrogen-bond acceptors (Lipinski definition) is 8. The molecule has 28 heavy (non-hydrogen) atoms. The number of nitrogens with one attached hydrogen (secondary N) is 1.